The number of rotatable bonds is 3. The molecule has 33 heavy (non-hydrogen) atoms. The molecule has 1 unspecified atom stereocenters. The van der Waals surface area contributed by atoms with Crippen LogP contribution < -0.4 is 4.90 Å². The normalized spacial score (nSPS) is 17.8. The van der Waals surface area contributed by atoms with E-state index < -0.39 is 17.7 Å². The summed E-state index contributed by atoms with van der Waals surface area (Å²) in [4.78, 5) is 36.4. The van der Waals surface area contributed by atoms with Crippen molar-refractivity contribution in [3.63, 3.8) is 0 Å². The van der Waals surface area contributed by atoms with Gasteiger partial charge in [-0.3, -0.25) is 19.5 Å². The highest BCUT2D eigenvalue weighted by Gasteiger charge is 2.48. The van der Waals surface area contributed by atoms with Crippen LogP contribution in [0.4, 0.5) is 5.13 Å². The van der Waals surface area contributed by atoms with E-state index in [2.05, 4.69) is 9.97 Å². The molecule has 3 heterocycles. The number of aromatic nitrogens is 2. The Bertz CT molecular complexity index is 1440. The number of carbonyl (C=O) groups is 2. The SMILES string of the molecule is Cc1cc(C)c2nc(N3C(=O)C(=O)C(=C(O)c4ccncc4)C3c3ccc(O)cc3)sc2c1. The fraction of sp³-hybridized carbons (Fsp3) is 0.120. The molecule has 2 aromatic heterocycles. The first-order valence-electron chi connectivity index (χ1n) is 10.2. The number of hydrogen-bond acceptors (Lipinski definition) is 7. The summed E-state index contributed by atoms with van der Waals surface area (Å²) in [5.41, 5.74) is 3.72. The predicted octanol–water partition coefficient (Wildman–Crippen LogP) is 4.64. The van der Waals surface area contributed by atoms with Crippen LogP contribution in [0.2, 0.25) is 0 Å². The van der Waals surface area contributed by atoms with Crippen molar-refractivity contribution in [2.24, 2.45) is 0 Å². The van der Waals surface area contributed by atoms with Gasteiger partial charge in [-0.15, -0.1) is 0 Å². The number of anilines is 1. The molecule has 4 aromatic rings. The second kappa shape index (κ2) is 7.83. The number of thiazole rings is 1. The summed E-state index contributed by atoms with van der Waals surface area (Å²) in [6.07, 6.45) is 3.00. The fourth-order valence-corrected chi connectivity index (χ4v) is 5.30. The number of fused-ring (bicyclic) bond motifs is 1. The standard InChI is InChI=1S/C25H19N3O4S/c1-13-11-14(2)20-18(12-13)33-25(27-20)28-21(15-3-5-17(29)6-4-15)19(23(31)24(28)32)22(30)16-7-9-26-10-8-16/h3-12,21,29-30H,1-2H3. The summed E-state index contributed by atoms with van der Waals surface area (Å²) in [6, 6.07) is 12.5. The third-order valence-corrected chi connectivity index (χ3v) is 6.63. The molecule has 0 aliphatic carbocycles. The summed E-state index contributed by atoms with van der Waals surface area (Å²) >= 11 is 1.32. The van der Waals surface area contributed by atoms with Gasteiger partial charge in [0, 0.05) is 18.0 Å². The van der Waals surface area contributed by atoms with E-state index in [-0.39, 0.29) is 17.1 Å². The van der Waals surface area contributed by atoms with E-state index in [1.54, 1.807) is 24.3 Å². The van der Waals surface area contributed by atoms with Crippen LogP contribution in [-0.4, -0.2) is 31.9 Å². The number of hydrogen-bond donors (Lipinski definition) is 2. The first-order valence-corrected chi connectivity index (χ1v) is 11.0. The second-order valence-electron chi connectivity index (χ2n) is 7.92. The van der Waals surface area contributed by atoms with Crippen LogP contribution in [0, 0.1) is 13.8 Å². The molecule has 7 nitrogen and oxygen atoms in total. The molecule has 8 heteroatoms. The third kappa shape index (κ3) is 3.44. The zero-order valence-corrected chi connectivity index (χ0v) is 18.6. The zero-order valence-electron chi connectivity index (χ0n) is 17.8. The van der Waals surface area contributed by atoms with E-state index >= 15 is 0 Å². The third-order valence-electron chi connectivity index (χ3n) is 5.63. The predicted molar refractivity (Wildman–Crippen MR) is 126 cm³/mol. The Morgan fingerprint density at radius 3 is 2.42 bits per heavy atom. The number of ketones is 1. The molecule has 0 spiro atoms. The lowest BCUT2D eigenvalue weighted by Crippen LogP contribution is -2.29. The van der Waals surface area contributed by atoms with Crippen molar-refractivity contribution in [1.29, 1.82) is 0 Å². The lowest BCUT2D eigenvalue weighted by Gasteiger charge is -2.23. The van der Waals surface area contributed by atoms with Gasteiger partial charge >= 0.3 is 5.91 Å². The molecule has 1 atom stereocenters. The van der Waals surface area contributed by atoms with Gasteiger partial charge in [-0.25, -0.2) is 4.98 Å². The summed E-state index contributed by atoms with van der Waals surface area (Å²) in [6.45, 7) is 3.94. The maximum atomic E-state index is 13.3. The molecule has 5 rings (SSSR count). The Morgan fingerprint density at radius 2 is 1.73 bits per heavy atom. The van der Waals surface area contributed by atoms with Crippen molar-refractivity contribution >= 4 is 44.1 Å². The van der Waals surface area contributed by atoms with Gasteiger partial charge in [0.1, 0.15) is 11.5 Å². The number of pyridine rings is 1. The van der Waals surface area contributed by atoms with Crippen LogP contribution in [0.1, 0.15) is 28.3 Å². The van der Waals surface area contributed by atoms with Crippen LogP contribution in [0.15, 0.2) is 66.5 Å². The summed E-state index contributed by atoms with van der Waals surface area (Å²) in [5.74, 6) is -1.80. The molecule has 0 radical (unpaired) electrons. The Hall–Kier alpha value is -4.04. The minimum absolute atomic E-state index is 0.0379. The molecule has 1 aliphatic heterocycles. The van der Waals surface area contributed by atoms with E-state index in [1.807, 2.05) is 26.0 Å². The average molecular weight is 458 g/mol. The van der Waals surface area contributed by atoms with Gasteiger partial charge in [0.15, 0.2) is 5.13 Å². The number of nitrogens with zero attached hydrogens (tertiary/aromatic N) is 3. The molecule has 1 amide bonds. The van der Waals surface area contributed by atoms with Gasteiger partial charge in [0.2, 0.25) is 0 Å². The molecule has 1 aliphatic rings. The number of aromatic hydroxyl groups is 1. The number of amides is 1. The van der Waals surface area contributed by atoms with E-state index in [0.29, 0.717) is 16.3 Å². The molecular weight excluding hydrogens is 438 g/mol. The van der Waals surface area contributed by atoms with Gasteiger partial charge < -0.3 is 10.2 Å². The van der Waals surface area contributed by atoms with E-state index in [1.165, 1.54) is 40.8 Å². The highest BCUT2D eigenvalue weighted by Crippen LogP contribution is 2.44. The Kier molecular flexibility index (Phi) is 4.94. The van der Waals surface area contributed by atoms with Gasteiger partial charge in [-0.05, 0) is 60.9 Å². The number of phenolic OH excluding ortho intramolecular Hbond substituents is 1. The Balaban J connectivity index is 1.75. The molecule has 164 valence electrons. The maximum absolute atomic E-state index is 13.3. The smallest absolute Gasteiger partial charge is 0.301 e. The number of benzene rings is 2. The van der Waals surface area contributed by atoms with Gasteiger partial charge in [-0.1, -0.05) is 29.5 Å². The van der Waals surface area contributed by atoms with E-state index in [0.717, 1.165) is 21.3 Å². The van der Waals surface area contributed by atoms with Crippen molar-refractivity contribution in [2.45, 2.75) is 19.9 Å². The monoisotopic (exact) mass is 457 g/mol. The highest BCUT2D eigenvalue weighted by molar-refractivity contribution is 7.22. The number of carbonyl (C=O) groups excluding carboxylic acids is 2. The summed E-state index contributed by atoms with van der Waals surface area (Å²) < 4.78 is 0.906. The molecule has 0 bridgehead atoms. The molecule has 1 fully saturated rings. The largest absolute Gasteiger partial charge is 0.508 e. The summed E-state index contributed by atoms with van der Waals surface area (Å²) in [7, 11) is 0. The molecular formula is C25H19N3O4S. The Labute approximate surface area is 193 Å². The van der Waals surface area contributed by atoms with Crippen molar-refractivity contribution in [3.05, 3.63) is 88.8 Å². The second-order valence-corrected chi connectivity index (χ2v) is 8.93. The average Bonchev–Trinajstić information content (AvgIpc) is 3.33. The minimum atomic E-state index is -0.902. The molecule has 1 saturated heterocycles. The first kappa shape index (κ1) is 20.8. The Morgan fingerprint density at radius 1 is 1.03 bits per heavy atom. The van der Waals surface area contributed by atoms with Gasteiger partial charge in [0.05, 0.1) is 21.8 Å². The van der Waals surface area contributed by atoms with Crippen LogP contribution in [-0.2, 0) is 9.59 Å². The minimum Gasteiger partial charge on any atom is -0.508 e. The highest BCUT2D eigenvalue weighted by atomic mass is 32.1. The zero-order chi connectivity index (χ0) is 23.3. The first-order chi connectivity index (χ1) is 15.8. The number of Topliss-reactive ketones (excluding diaryl/α,β-unsaturated/α-hetero) is 1. The topological polar surface area (TPSA) is 104 Å². The van der Waals surface area contributed by atoms with E-state index in [9.17, 15) is 19.8 Å². The quantitative estimate of drug-likeness (QED) is 0.264. The molecule has 2 aromatic carbocycles. The number of aryl methyl sites for hydroxylation is 2. The maximum Gasteiger partial charge on any atom is 0.301 e. The number of phenols is 1. The fourth-order valence-electron chi connectivity index (χ4n) is 4.13. The number of aliphatic hydroxyl groups is 1. The van der Waals surface area contributed by atoms with Crippen LogP contribution in [0.3, 0.4) is 0 Å². The van der Waals surface area contributed by atoms with Gasteiger partial charge in [-0.2, -0.15) is 0 Å². The van der Waals surface area contributed by atoms with Crippen LogP contribution >= 0.6 is 11.3 Å². The van der Waals surface area contributed by atoms with Crippen molar-refractivity contribution in [3.8, 4) is 5.75 Å². The lowest BCUT2D eigenvalue weighted by molar-refractivity contribution is -0.132. The van der Waals surface area contributed by atoms with Crippen molar-refractivity contribution in [1.82, 2.24) is 9.97 Å². The number of aliphatic hydroxyl groups excluding tert-OH is 1. The molecule has 2 N–H and O–H groups in total. The van der Waals surface area contributed by atoms with E-state index in [4.69, 9.17) is 0 Å². The van der Waals surface area contributed by atoms with Crippen LogP contribution in [0.25, 0.3) is 16.0 Å². The molecule has 0 saturated carbocycles. The van der Waals surface area contributed by atoms with Gasteiger partial charge in [0.25, 0.3) is 5.78 Å². The van der Waals surface area contributed by atoms with Crippen LogP contribution in [0.5, 0.6) is 5.75 Å². The van der Waals surface area contributed by atoms with Crippen molar-refractivity contribution in [2.75, 3.05) is 4.90 Å². The summed E-state index contributed by atoms with van der Waals surface area (Å²) in [5, 5.41) is 21.2. The lowest BCUT2D eigenvalue weighted by atomic mass is 9.95. The van der Waals surface area contributed by atoms with Crippen molar-refractivity contribution < 1.29 is 19.8 Å².